The number of rotatable bonds is 7. The maximum atomic E-state index is 13.8. The molecule has 0 bridgehead atoms. The summed E-state index contributed by atoms with van der Waals surface area (Å²) in [6, 6.07) is 13.9. The van der Waals surface area contributed by atoms with E-state index in [4.69, 9.17) is 9.47 Å². The van der Waals surface area contributed by atoms with E-state index in [1.54, 1.807) is 24.4 Å². The Morgan fingerprint density at radius 3 is 2.60 bits per heavy atom. The second-order valence-corrected chi connectivity index (χ2v) is 6.87. The molecule has 4 rings (SSSR count). The first-order valence-corrected chi connectivity index (χ1v) is 9.75. The second-order valence-electron chi connectivity index (χ2n) is 6.87. The summed E-state index contributed by atoms with van der Waals surface area (Å²) in [4.78, 5) is 10.9. The Kier molecular flexibility index (Phi) is 6.46. The SMILES string of the molecule is Fc1ccc(Oc2ccnc(NCC(c3cccc(F)c3)N3CCOCC3)n2)cc1. The van der Waals surface area contributed by atoms with Crippen molar-refractivity contribution in [1.82, 2.24) is 14.9 Å². The highest BCUT2D eigenvalue weighted by atomic mass is 19.1. The minimum Gasteiger partial charge on any atom is -0.439 e. The average Bonchev–Trinajstić information content (AvgIpc) is 2.77. The molecule has 2 heterocycles. The Bertz CT molecular complexity index is 965. The van der Waals surface area contributed by atoms with E-state index in [1.807, 2.05) is 6.07 Å². The summed E-state index contributed by atoms with van der Waals surface area (Å²) in [7, 11) is 0. The number of benzene rings is 2. The third kappa shape index (κ3) is 5.28. The van der Waals surface area contributed by atoms with Gasteiger partial charge in [-0.1, -0.05) is 12.1 Å². The van der Waals surface area contributed by atoms with Gasteiger partial charge in [-0.2, -0.15) is 4.98 Å². The summed E-state index contributed by atoms with van der Waals surface area (Å²) < 4.78 is 38.0. The zero-order valence-electron chi connectivity index (χ0n) is 16.3. The monoisotopic (exact) mass is 412 g/mol. The van der Waals surface area contributed by atoms with E-state index in [9.17, 15) is 8.78 Å². The Labute approximate surface area is 173 Å². The van der Waals surface area contributed by atoms with Crippen LogP contribution in [0.3, 0.4) is 0 Å². The van der Waals surface area contributed by atoms with Gasteiger partial charge < -0.3 is 14.8 Å². The van der Waals surface area contributed by atoms with E-state index < -0.39 is 0 Å². The molecule has 156 valence electrons. The smallest absolute Gasteiger partial charge is 0.226 e. The molecule has 6 nitrogen and oxygen atoms in total. The summed E-state index contributed by atoms with van der Waals surface area (Å²) in [5, 5.41) is 3.23. The van der Waals surface area contributed by atoms with Crippen LogP contribution in [0, 0.1) is 11.6 Å². The van der Waals surface area contributed by atoms with Gasteiger partial charge in [0.2, 0.25) is 11.8 Å². The molecule has 0 amide bonds. The third-order valence-corrected chi connectivity index (χ3v) is 4.84. The normalized spacial score (nSPS) is 15.5. The quantitative estimate of drug-likeness (QED) is 0.632. The van der Waals surface area contributed by atoms with Gasteiger partial charge in [0.05, 0.1) is 19.3 Å². The number of halogens is 2. The zero-order valence-corrected chi connectivity index (χ0v) is 16.3. The minimum absolute atomic E-state index is 0.0603. The Morgan fingerprint density at radius 2 is 1.83 bits per heavy atom. The van der Waals surface area contributed by atoms with E-state index in [2.05, 4.69) is 20.2 Å². The highest BCUT2D eigenvalue weighted by Crippen LogP contribution is 2.24. The van der Waals surface area contributed by atoms with Crippen molar-refractivity contribution in [3.05, 3.63) is 78.0 Å². The molecular weight excluding hydrogens is 390 g/mol. The van der Waals surface area contributed by atoms with Gasteiger partial charge >= 0.3 is 0 Å². The molecule has 0 radical (unpaired) electrons. The zero-order chi connectivity index (χ0) is 20.8. The molecule has 1 unspecified atom stereocenters. The van der Waals surface area contributed by atoms with Crippen LogP contribution >= 0.6 is 0 Å². The lowest BCUT2D eigenvalue weighted by molar-refractivity contribution is 0.0186. The van der Waals surface area contributed by atoms with Crippen molar-refractivity contribution in [1.29, 1.82) is 0 Å². The first-order valence-electron chi connectivity index (χ1n) is 9.75. The Morgan fingerprint density at radius 1 is 1.03 bits per heavy atom. The van der Waals surface area contributed by atoms with Crippen LogP contribution in [0.4, 0.5) is 14.7 Å². The summed E-state index contributed by atoms with van der Waals surface area (Å²) in [6.07, 6.45) is 1.58. The lowest BCUT2D eigenvalue weighted by atomic mass is 10.0. The number of hydrogen-bond acceptors (Lipinski definition) is 6. The van der Waals surface area contributed by atoms with Crippen molar-refractivity contribution in [2.45, 2.75) is 6.04 Å². The molecule has 1 fully saturated rings. The molecular formula is C22H22F2N4O2. The van der Waals surface area contributed by atoms with Gasteiger partial charge in [-0.05, 0) is 42.0 Å². The predicted octanol–water partition coefficient (Wildman–Crippen LogP) is 4.03. The molecule has 0 spiro atoms. The van der Waals surface area contributed by atoms with Crippen LogP contribution in [0.1, 0.15) is 11.6 Å². The van der Waals surface area contributed by atoms with Gasteiger partial charge in [0.25, 0.3) is 0 Å². The maximum absolute atomic E-state index is 13.8. The van der Waals surface area contributed by atoms with E-state index in [1.165, 1.54) is 30.3 Å². The number of aromatic nitrogens is 2. The van der Waals surface area contributed by atoms with Crippen molar-refractivity contribution >= 4 is 5.95 Å². The summed E-state index contributed by atoms with van der Waals surface area (Å²) in [5.74, 6) is 0.611. The number of nitrogens with one attached hydrogen (secondary N) is 1. The molecule has 8 heteroatoms. The first kappa shape index (κ1) is 20.2. The van der Waals surface area contributed by atoms with Gasteiger partial charge in [-0.3, -0.25) is 4.90 Å². The first-order chi connectivity index (χ1) is 14.7. The van der Waals surface area contributed by atoms with Crippen LogP contribution in [0.25, 0.3) is 0 Å². The van der Waals surface area contributed by atoms with Gasteiger partial charge in [-0.25, -0.2) is 13.8 Å². The third-order valence-electron chi connectivity index (χ3n) is 4.84. The van der Waals surface area contributed by atoms with Crippen LogP contribution in [0.5, 0.6) is 11.6 Å². The summed E-state index contributed by atoms with van der Waals surface area (Å²) >= 11 is 0. The van der Waals surface area contributed by atoms with E-state index in [0.29, 0.717) is 37.3 Å². The molecule has 1 saturated heterocycles. The van der Waals surface area contributed by atoms with Crippen molar-refractivity contribution < 1.29 is 18.3 Å². The van der Waals surface area contributed by atoms with Crippen LogP contribution < -0.4 is 10.1 Å². The van der Waals surface area contributed by atoms with Gasteiger partial charge in [0.1, 0.15) is 17.4 Å². The van der Waals surface area contributed by atoms with E-state index >= 15 is 0 Å². The number of anilines is 1. The maximum Gasteiger partial charge on any atom is 0.226 e. The molecule has 1 N–H and O–H groups in total. The van der Waals surface area contributed by atoms with Crippen LogP contribution in [-0.2, 0) is 4.74 Å². The molecule has 1 atom stereocenters. The van der Waals surface area contributed by atoms with Crippen molar-refractivity contribution in [2.75, 3.05) is 38.2 Å². The fourth-order valence-electron chi connectivity index (χ4n) is 3.36. The number of ether oxygens (including phenoxy) is 2. The molecule has 1 aromatic heterocycles. The van der Waals surface area contributed by atoms with Crippen LogP contribution in [0.15, 0.2) is 60.8 Å². The van der Waals surface area contributed by atoms with Crippen molar-refractivity contribution in [2.24, 2.45) is 0 Å². The molecule has 30 heavy (non-hydrogen) atoms. The highest BCUT2D eigenvalue weighted by Gasteiger charge is 2.23. The molecule has 1 aliphatic rings. The number of morpholine rings is 1. The van der Waals surface area contributed by atoms with Crippen LogP contribution in [0.2, 0.25) is 0 Å². The molecule has 2 aromatic carbocycles. The van der Waals surface area contributed by atoms with Crippen LogP contribution in [-0.4, -0.2) is 47.7 Å². The largest absolute Gasteiger partial charge is 0.439 e. The minimum atomic E-state index is -0.334. The van der Waals surface area contributed by atoms with E-state index in [0.717, 1.165) is 18.7 Å². The fraction of sp³-hybridized carbons (Fsp3) is 0.273. The number of nitrogens with zero attached hydrogens (tertiary/aromatic N) is 3. The van der Waals surface area contributed by atoms with E-state index in [-0.39, 0.29) is 17.7 Å². The Balaban J connectivity index is 1.47. The summed E-state index contributed by atoms with van der Waals surface area (Å²) in [5.41, 5.74) is 0.878. The standard InChI is InChI=1S/C22H22F2N4O2/c23-17-4-6-19(7-5-17)30-21-8-9-25-22(27-21)26-15-20(28-10-12-29-13-11-28)16-2-1-3-18(24)14-16/h1-9,14,20H,10-13,15H2,(H,25,26,27). The lowest BCUT2D eigenvalue weighted by Gasteiger charge is -2.35. The van der Waals surface area contributed by atoms with Gasteiger partial charge in [0, 0.05) is 31.9 Å². The van der Waals surface area contributed by atoms with Gasteiger partial charge in [0.15, 0.2) is 0 Å². The molecule has 0 saturated carbocycles. The Hall–Kier alpha value is -3.10. The average molecular weight is 412 g/mol. The predicted molar refractivity (Wildman–Crippen MR) is 109 cm³/mol. The lowest BCUT2D eigenvalue weighted by Crippen LogP contribution is -2.41. The van der Waals surface area contributed by atoms with Gasteiger partial charge in [-0.15, -0.1) is 0 Å². The summed E-state index contributed by atoms with van der Waals surface area (Å²) in [6.45, 7) is 3.30. The second kappa shape index (κ2) is 9.60. The highest BCUT2D eigenvalue weighted by molar-refractivity contribution is 5.32. The fourth-order valence-corrected chi connectivity index (χ4v) is 3.36. The topological polar surface area (TPSA) is 59.5 Å². The van der Waals surface area contributed by atoms with Crippen molar-refractivity contribution in [3.8, 4) is 11.6 Å². The number of hydrogen-bond donors (Lipinski definition) is 1. The molecule has 1 aliphatic heterocycles. The van der Waals surface area contributed by atoms with Crippen molar-refractivity contribution in [3.63, 3.8) is 0 Å². The molecule has 3 aromatic rings. The molecule has 0 aliphatic carbocycles.